The summed E-state index contributed by atoms with van der Waals surface area (Å²) in [5.41, 5.74) is 10.1. The Morgan fingerprint density at radius 3 is 2.03 bits per heavy atom. The van der Waals surface area contributed by atoms with E-state index in [9.17, 15) is 9.90 Å². The van der Waals surface area contributed by atoms with Crippen molar-refractivity contribution in [2.45, 2.75) is 45.1 Å². The summed E-state index contributed by atoms with van der Waals surface area (Å²) < 4.78 is 5.90. The Labute approximate surface area is 225 Å². The van der Waals surface area contributed by atoms with Crippen molar-refractivity contribution in [1.82, 2.24) is 4.90 Å². The average molecular weight is 509 g/mol. The zero-order valence-electron chi connectivity index (χ0n) is 21.9. The first-order chi connectivity index (χ1) is 18.5. The summed E-state index contributed by atoms with van der Waals surface area (Å²) in [5.74, 6) is -0.172. The molecule has 0 aliphatic heterocycles. The van der Waals surface area contributed by atoms with E-state index in [0.717, 1.165) is 24.9 Å². The van der Waals surface area contributed by atoms with E-state index in [1.54, 1.807) is 12.1 Å². The van der Waals surface area contributed by atoms with Crippen molar-refractivity contribution in [3.8, 4) is 5.75 Å². The molecular formula is C33H36N2O3. The molecule has 4 aromatic carbocycles. The summed E-state index contributed by atoms with van der Waals surface area (Å²) in [6.07, 6.45) is 1.13. The molecule has 0 aliphatic carbocycles. The van der Waals surface area contributed by atoms with E-state index in [1.807, 2.05) is 60.7 Å². The van der Waals surface area contributed by atoms with Gasteiger partial charge < -0.3 is 15.6 Å². The highest BCUT2D eigenvalue weighted by Gasteiger charge is 2.21. The van der Waals surface area contributed by atoms with Gasteiger partial charge in [0.05, 0.1) is 11.7 Å². The maximum atomic E-state index is 12.2. The van der Waals surface area contributed by atoms with Gasteiger partial charge in [0.2, 0.25) is 0 Å². The lowest BCUT2D eigenvalue weighted by molar-refractivity contribution is 0.0832. The number of ether oxygens (including phenoxy) is 1. The van der Waals surface area contributed by atoms with E-state index in [0.29, 0.717) is 24.5 Å². The number of aliphatic hydroxyl groups is 1. The number of hydrogen-bond acceptors (Lipinski definition) is 4. The van der Waals surface area contributed by atoms with E-state index >= 15 is 0 Å². The molecule has 0 unspecified atom stereocenters. The maximum absolute atomic E-state index is 12.2. The summed E-state index contributed by atoms with van der Waals surface area (Å²) >= 11 is 0. The number of benzene rings is 4. The number of aliphatic hydroxyl groups excluding tert-OH is 1. The second-order valence-corrected chi connectivity index (χ2v) is 9.70. The van der Waals surface area contributed by atoms with Gasteiger partial charge in [-0.05, 0) is 54.2 Å². The van der Waals surface area contributed by atoms with Crippen molar-refractivity contribution in [3.63, 3.8) is 0 Å². The highest BCUT2D eigenvalue weighted by atomic mass is 16.5. The molecule has 3 N–H and O–H groups in total. The van der Waals surface area contributed by atoms with Gasteiger partial charge in [0, 0.05) is 19.1 Å². The van der Waals surface area contributed by atoms with Crippen molar-refractivity contribution < 1.29 is 14.6 Å². The van der Waals surface area contributed by atoms with Gasteiger partial charge in [0.25, 0.3) is 5.91 Å². The summed E-state index contributed by atoms with van der Waals surface area (Å²) in [7, 11) is 0. The van der Waals surface area contributed by atoms with E-state index in [4.69, 9.17) is 10.5 Å². The van der Waals surface area contributed by atoms with Crippen LogP contribution in [0.1, 0.15) is 52.1 Å². The fourth-order valence-electron chi connectivity index (χ4n) is 4.56. The Morgan fingerprint density at radius 1 is 0.842 bits per heavy atom. The van der Waals surface area contributed by atoms with E-state index in [2.05, 4.69) is 48.2 Å². The highest BCUT2D eigenvalue weighted by molar-refractivity contribution is 5.95. The third-order valence-corrected chi connectivity index (χ3v) is 6.84. The molecule has 0 aliphatic rings. The van der Waals surface area contributed by atoms with E-state index in [-0.39, 0.29) is 11.6 Å². The summed E-state index contributed by atoms with van der Waals surface area (Å²) in [6, 6.07) is 35.9. The molecule has 4 aromatic rings. The quantitative estimate of drug-likeness (QED) is 0.235. The Hall–Kier alpha value is -3.93. The van der Waals surface area contributed by atoms with Gasteiger partial charge >= 0.3 is 0 Å². The van der Waals surface area contributed by atoms with Crippen LogP contribution < -0.4 is 10.5 Å². The van der Waals surface area contributed by atoms with Crippen molar-refractivity contribution in [3.05, 3.63) is 137 Å². The minimum atomic E-state index is -0.792. The standard InChI is InChI=1S/C33H36N2O3/c1-25(17-18-26-11-5-2-6-12-26)35(22-27-13-7-3-8-14-27)23-31(36)29-19-20-32(30(21-29)33(34)37)38-24-28-15-9-4-10-16-28/h2-16,19-21,25,31,36H,17-18,22-24H2,1H3,(H2,34,37)/t25-,31-/m1/s1. The van der Waals surface area contributed by atoms with Crippen molar-refractivity contribution in [2.75, 3.05) is 6.54 Å². The number of primary amides is 1. The summed E-state index contributed by atoms with van der Waals surface area (Å²) in [6.45, 7) is 3.67. The number of nitrogens with zero attached hydrogens (tertiary/aromatic N) is 1. The number of rotatable bonds is 13. The second-order valence-electron chi connectivity index (χ2n) is 9.70. The highest BCUT2D eigenvalue weighted by Crippen LogP contribution is 2.26. The molecule has 0 spiro atoms. The predicted molar refractivity (Wildman–Crippen MR) is 152 cm³/mol. The Kier molecular flexibility index (Phi) is 9.68. The topological polar surface area (TPSA) is 75.8 Å². The molecule has 5 nitrogen and oxygen atoms in total. The number of nitrogens with two attached hydrogens (primary N) is 1. The molecule has 0 saturated carbocycles. The molecule has 1 amide bonds. The lowest BCUT2D eigenvalue weighted by Crippen LogP contribution is -2.36. The minimum absolute atomic E-state index is 0.231. The van der Waals surface area contributed by atoms with Crippen LogP contribution in [-0.4, -0.2) is 28.5 Å². The molecule has 2 atom stereocenters. The fraction of sp³-hybridized carbons (Fsp3) is 0.242. The van der Waals surface area contributed by atoms with Gasteiger partial charge in [-0.15, -0.1) is 0 Å². The lowest BCUT2D eigenvalue weighted by Gasteiger charge is -2.31. The molecule has 0 saturated heterocycles. The molecule has 0 aromatic heterocycles. The normalized spacial score (nSPS) is 12.7. The number of carbonyl (C=O) groups excluding carboxylic acids is 1. The third-order valence-electron chi connectivity index (χ3n) is 6.84. The molecule has 0 bridgehead atoms. The van der Waals surface area contributed by atoms with Gasteiger partial charge in [0.1, 0.15) is 12.4 Å². The van der Waals surface area contributed by atoms with Crippen LogP contribution in [0.25, 0.3) is 0 Å². The van der Waals surface area contributed by atoms with Gasteiger partial charge in [-0.3, -0.25) is 9.69 Å². The van der Waals surface area contributed by atoms with Gasteiger partial charge in [-0.25, -0.2) is 0 Å². The van der Waals surface area contributed by atoms with Crippen LogP contribution >= 0.6 is 0 Å². The van der Waals surface area contributed by atoms with Crippen molar-refractivity contribution >= 4 is 5.91 Å². The Morgan fingerprint density at radius 2 is 1.42 bits per heavy atom. The van der Waals surface area contributed by atoms with Crippen LogP contribution in [0.15, 0.2) is 109 Å². The average Bonchev–Trinajstić information content (AvgIpc) is 2.96. The van der Waals surface area contributed by atoms with Crippen molar-refractivity contribution in [2.24, 2.45) is 5.73 Å². The van der Waals surface area contributed by atoms with Crippen LogP contribution in [0, 0.1) is 0 Å². The molecule has 38 heavy (non-hydrogen) atoms. The van der Waals surface area contributed by atoms with Crippen LogP contribution in [-0.2, 0) is 19.6 Å². The first-order valence-electron chi connectivity index (χ1n) is 13.1. The maximum Gasteiger partial charge on any atom is 0.252 e. The summed E-state index contributed by atoms with van der Waals surface area (Å²) in [5, 5.41) is 11.3. The Bertz CT molecular complexity index is 1280. The van der Waals surface area contributed by atoms with Gasteiger partial charge in [-0.1, -0.05) is 97.1 Å². The Balaban J connectivity index is 1.48. The first-order valence-corrected chi connectivity index (χ1v) is 13.1. The van der Waals surface area contributed by atoms with Gasteiger partial charge in [0.15, 0.2) is 0 Å². The van der Waals surface area contributed by atoms with Crippen LogP contribution in [0.4, 0.5) is 0 Å². The van der Waals surface area contributed by atoms with E-state index < -0.39 is 12.0 Å². The zero-order chi connectivity index (χ0) is 26.7. The largest absolute Gasteiger partial charge is 0.488 e. The number of amides is 1. The zero-order valence-corrected chi connectivity index (χ0v) is 21.9. The SMILES string of the molecule is C[C@H](CCc1ccccc1)N(Cc1ccccc1)C[C@@H](O)c1ccc(OCc2ccccc2)c(C(N)=O)c1. The second kappa shape index (κ2) is 13.6. The fourth-order valence-corrected chi connectivity index (χ4v) is 4.56. The molecule has 0 heterocycles. The molecule has 4 rings (SSSR count). The molecule has 5 heteroatoms. The lowest BCUT2D eigenvalue weighted by atomic mass is 10.0. The van der Waals surface area contributed by atoms with Gasteiger partial charge in [-0.2, -0.15) is 0 Å². The van der Waals surface area contributed by atoms with Crippen molar-refractivity contribution in [1.29, 1.82) is 0 Å². The summed E-state index contributed by atoms with van der Waals surface area (Å²) in [4.78, 5) is 14.5. The van der Waals surface area contributed by atoms with Crippen LogP contribution in [0.2, 0.25) is 0 Å². The molecular weight excluding hydrogens is 472 g/mol. The molecule has 0 radical (unpaired) electrons. The van der Waals surface area contributed by atoms with E-state index in [1.165, 1.54) is 11.1 Å². The van der Waals surface area contributed by atoms with Crippen LogP contribution in [0.5, 0.6) is 5.75 Å². The first kappa shape index (κ1) is 27.1. The molecule has 196 valence electrons. The minimum Gasteiger partial charge on any atom is -0.488 e. The molecule has 0 fully saturated rings. The third kappa shape index (κ3) is 7.78. The van der Waals surface area contributed by atoms with Crippen LogP contribution in [0.3, 0.4) is 0 Å². The number of carbonyl (C=O) groups is 1. The monoisotopic (exact) mass is 508 g/mol. The smallest absolute Gasteiger partial charge is 0.252 e. The number of aryl methyl sites for hydroxylation is 1. The number of hydrogen-bond donors (Lipinski definition) is 2. The predicted octanol–water partition coefficient (Wildman–Crippen LogP) is 5.92.